The van der Waals surface area contributed by atoms with E-state index in [9.17, 15) is 14.0 Å². The molecule has 1 aliphatic rings. The Morgan fingerprint density at radius 2 is 1.68 bits per heavy atom. The molecule has 0 bridgehead atoms. The van der Waals surface area contributed by atoms with E-state index in [0.717, 1.165) is 11.4 Å². The Balaban J connectivity index is 1.46. The van der Waals surface area contributed by atoms with Gasteiger partial charge in [0.25, 0.3) is 0 Å². The van der Waals surface area contributed by atoms with Crippen LogP contribution in [0.5, 0.6) is 11.5 Å². The summed E-state index contributed by atoms with van der Waals surface area (Å²) in [5, 5.41) is 0. The first-order valence-corrected chi connectivity index (χ1v) is 9.15. The highest BCUT2D eigenvalue weighted by atomic mass is 19.1. The summed E-state index contributed by atoms with van der Waals surface area (Å²) in [6.07, 6.45) is 0.116. The van der Waals surface area contributed by atoms with Gasteiger partial charge in [0, 0.05) is 18.7 Å². The molecule has 7 heteroatoms. The predicted octanol–water partition coefficient (Wildman–Crippen LogP) is 3.20. The van der Waals surface area contributed by atoms with E-state index in [4.69, 9.17) is 14.2 Å². The lowest BCUT2D eigenvalue weighted by Crippen LogP contribution is -2.26. The second kappa shape index (κ2) is 9.21. The standard InChI is InChI=1S/C21H22FNO5/c1-2-26-18-9-5-17(6-10-18)23-14-15(13-20(23)24)21(25)28-12-11-27-19-7-3-16(22)4-8-19/h3-10,15H,2,11-14H2,1H3. The van der Waals surface area contributed by atoms with Crippen molar-refractivity contribution in [3.8, 4) is 11.5 Å². The van der Waals surface area contributed by atoms with Gasteiger partial charge in [0.1, 0.15) is 30.5 Å². The van der Waals surface area contributed by atoms with Crippen LogP contribution < -0.4 is 14.4 Å². The van der Waals surface area contributed by atoms with Crippen LogP contribution in [0, 0.1) is 11.7 Å². The van der Waals surface area contributed by atoms with Crippen LogP contribution in [0.2, 0.25) is 0 Å². The topological polar surface area (TPSA) is 65.1 Å². The molecule has 0 aromatic heterocycles. The van der Waals surface area contributed by atoms with Crippen LogP contribution in [-0.4, -0.2) is 38.2 Å². The molecule has 1 atom stereocenters. The molecule has 1 amide bonds. The third-order valence-corrected chi connectivity index (χ3v) is 4.33. The summed E-state index contributed by atoms with van der Waals surface area (Å²) in [7, 11) is 0. The van der Waals surface area contributed by atoms with Crippen molar-refractivity contribution in [1.82, 2.24) is 0 Å². The molecule has 2 aromatic rings. The van der Waals surface area contributed by atoms with Gasteiger partial charge in [-0.3, -0.25) is 9.59 Å². The van der Waals surface area contributed by atoms with Gasteiger partial charge in [-0.25, -0.2) is 4.39 Å². The number of hydrogen-bond acceptors (Lipinski definition) is 5. The monoisotopic (exact) mass is 387 g/mol. The van der Waals surface area contributed by atoms with E-state index in [1.807, 2.05) is 6.92 Å². The van der Waals surface area contributed by atoms with Crippen molar-refractivity contribution < 1.29 is 28.2 Å². The molecule has 148 valence electrons. The average Bonchev–Trinajstić information content (AvgIpc) is 3.09. The van der Waals surface area contributed by atoms with E-state index in [1.165, 1.54) is 24.3 Å². The quantitative estimate of drug-likeness (QED) is 0.514. The number of hydrogen-bond donors (Lipinski definition) is 0. The molecule has 2 aromatic carbocycles. The van der Waals surface area contributed by atoms with Gasteiger partial charge < -0.3 is 19.1 Å². The van der Waals surface area contributed by atoms with E-state index >= 15 is 0 Å². The van der Waals surface area contributed by atoms with E-state index in [2.05, 4.69) is 0 Å². The van der Waals surface area contributed by atoms with Crippen LogP contribution in [0.4, 0.5) is 10.1 Å². The van der Waals surface area contributed by atoms with Crippen LogP contribution in [0.25, 0.3) is 0 Å². The number of esters is 1. The smallest absolute Gasteiger partial charge is 0.311 e. The second-order valence-electron chi connectivity index (χ2n) is 6.30. The van der Waals surface area contributed by atoms with Gasteiger partial charge in [-0.15, -0.1) is 0 Å². The highest BCUT2D eigenvalue weighted by Crippen LogP contribution is 2.27. The average molecular weight is 387 g/mol. The van der Waals surface area contributed by atoms with E-state index < -0.39 is 11.9 Å². The van der Waals surface area contributed by atoms with Gasteiger partial charge in [-0.05, 0) is 55.5 Å². The molecular weight excluding hydrogens is 365 g/mol. The fraction of sp³-hybridized carbons (Fsp3) is 0.333. The van der Waals surface area contributed by atoms with Gasteiger partial charge in [0.15, 0.2) is 0 Å². The highest BCUT2D eigenvalue weighted by Gasteiger charge is 2.36. The predicted molar refractivity (Wildman–Crippen MR) is 101 cm³/mol. The molecule has 0 spiro atoms. The minimum atomic E-state index is -0.509. The van der Waals surface area contributed by atoms with Crippen molar-refractivity contribution in [3.05, 3.63) is 54.3 Å². The molecule has 1 saturated heterocycles. The molecular formula is C21H22FNO5. The summed E-state index contributed by atoms with van der Waals surface area (Å²) in [6, 6.07) is 12.8. The number of benzene rings is 2. The zero-order chi connectivity index (χ0) is 19.9. The lowest BCUT2D eigenvalue weighted by atomic mass is 10.1. The SMILES string of the molecule is CCOc1ccc(N2CC(C(=O)OCCOc3ccc(F)cc3)CC2=O)cc1. The minimum absolute atomic E-state index is 0.0595. The van der Waals surface area contributed by atoms with Crippen LogP contribution in [0.15, 0.2) is 48.5 Å². The maximum Gasteiger partial charge on any atom is 0.311 e. The molecule has 3 rings (SSSR count). The van der Waals surface area contributed by atoms with Crippen LogP contribution >= 0.6 is 0 Å². The van der Waals surface area contributed by atoms with Gasteiger partial charge in [0.2, 0.25) is 5.91 Å². The summed E-state index contributed by atoms with van der Waals surface area (Å²) in [6.45, 7) is 2.97. The Kier molecular flexibility index (Phi) is 6.47. The summed E-state index contributed by atoms with van der Waals surface area (Å²) < 4.78 is 28.8. The second-order valence-corrected chi connectivity index (χ2v) is 6.30. The molecule has 0 saturated carbocycles. The van der Waals surface area contributed by atoms with Gasteiger partial charge in [-0.2, -0.15) is 0 Å². The minimum Gasteiger partial charge on any atom is -0.494 e. The van der Waals surface area contributed by atoms with Crippen molar-refractivity contribution in [2.75, 3.05) is 31.3 Å². The largest absolute Gasteiger partial charge is 0.494 e. The number of ether oxygens (including phenoxy) is 3. The van der Waals surface area contributed by atoms with Crippen LogP contribution in [-0.2, 0) is 14.3 Å². The molecule has 0 radical (unpaired) electrons. The maximum atomic E-state index is 12.8. The summed E-state index contributed by atoms with van der Waals surface area (Å²) in [4.78, 5) is 26.1. The van der Waals surface area contributed by atoms with Gasteiger partial charge >= 0.3 is 5.97 Å². The Hall–Kier alpha value is -3.09. The zero-order valence-electron chi connectivity index (χ0n) is 15.6. The molecule has 6 nitrogen and oxygen atoms in total. The lowest BCUT2D eigenvalue weighted by molar-refractivity contribution is -0.149. The number of carbonyl (C=O) groups excluding carboxylic acids is 2. The zero-order valence-corrected chi connectivity index (χ0v) is 15.6. The molecule has 1 heterocycles. The summed E-state index contributed by atoms with van der Waals surface area (Å²) >= 11 is 0. The molecule has 0 N–H and O–H groups in total. The first-order valence-electron chi connectivity index (χ1n) is 9.15. The van der Waals surface area contributed by atoms with Crippen LogP contribution in [0.1, 0.15) is 13.3 Å². The first kappa shape index (κ1) is 19.7. The Morgan fingerprint density at radius 3 is 2.36 bits per heavy atom. The number of carbonyl (C=O) groups is 2. The molecule has 1 unspecified atom stereocenters. The van der Waals surface area contributed by atoms with Crippen LogP contribution in [0.3, 0.4) is 0 Å². The van der Waals surface area contributed by atoms with Crippen molar-refractivity contribution in [2.45, 2.75) is 13.3 Å². The van der Waals surface area contributed by atoms with Crippen molar-refractivity contribution in [1.29, 1.82) is 0 Å². The Bertz CT molecular complexity index is 807. The van der Waals surface area contributed by atoms with Gasteiger partial charge in [0.05, 0.1) is 12.5 Å². The van der Waals surface area contributed by atoms with Crippen molar-refractivity contribution in [3.63, 3.8) is 0 Å². The number of rotatable bonds is 8. The molecule has 0 aliphatic carbocycles. The fourth-order valence-electron chi connectivity index (χ4n) is 2.95. The Labute approximate surface area is 162 Å². The number of amides is 1. The molecule has 1 aliphatic heterocycles. The summed E-state index contributed by atoms with van der Waals surface area (Å²) in [5.74, 6) is -0.171. The lowest BCUT2D eigenvalue weighted by Gasteiger charge is -2.17. The van der Waals surface area contributed by atoms with Gasteiger partial charge in [-0.1, -0.05) is 0 Å². The fourth-order valence-corrected chi connectivity index (χ4v) is 2.95. The van der Waals surface area contributed by atoms with Crippen molar-refractivity contribution >= 4 is 17.6 Å². The summed E-state index contributed by atoms with van der Waals surface area (Å²) in [5.41, 5.74) is 0.725. The normalized spacial score (nSPS) is 16.1. The number of nitrogens with zero attached hydrogens (tertiary/aromatic N) is 1. The molecule has 1 fully saturated rings. The number of halogens is 1. The number of anilines is 1. The third-order valence-electron chi connectivity index (χ3n) is 4.33. The van der Waals surface area contributed by atoms with E-state index in [1.54, 1.807) is 29.2 Å². The van der Waals surface area contributed by atoms with E-state index in [0.29, 0.717) is 12.4 Å². The molecule has 28 heavy (non-hydrogen) atoms. The third kappa shape index (κ3) is 5.00. The highest BCUT2D eigenvalue weighted by molar-refractivity contribution is 5.99. The Morgan fingerprint density at radius 1 is 1.04 bits per heavy atom. The first-order chi connectivity index (χ1) is 13.6. The maximum absolute atomic E-state index is 12.8. The van der Waals surface area contributed by atoms with Crippen molar-refractivity contribution in [2.24, 2.45) is 5.92 Å². The van der Waals surface area contributed by atoms with E-state index in [-0.39, 0.29) is 37.9 Å².